The molecule has 0 radical (unpaired) electrons. The van der Waals surface area contributed by atoms with Crippen LogP contribution in [0.5, 0.6) is 0 Å². The predicted octanol–water partition coefficient (Wildman–Crippen LogP) is 4.19. The molecular weight excluding hydrogens is 404 g/mol. The molecule has 0 fully saturated rings. The molecule has 0 saturated carbocycles. The van der Waals surface area contributed by atoms with E-state index >= 15 is 0 Å². The van der Waals surface area contributed by atoms with Crippen LogP contribution in [0.1, 0.15) is 22.4 Å². The van der Waals surface area contributed by atoms with Gasteiger partial charge in [0, 0.05) is 19.6 Å². The largest absolute Gasteiger partial charge is 0.397 e. The molecule has 0 aliphatic carbocycles. The van der Waals surface area contributed by atoms with Crippen LogP contribution in [-0.4, -0.2) is 34.8 Å². The molecule has 150 valence electrons. The van der Waals surface area contributed by atoms with E-state index in [4.69, 9.17) is 17.3 Å². The Hall–Kier alpha value is -2.41. The zero-order valence-corrected chi connectivity index (χ0v) is 18.1. The van der Waals surface area contributed by atoms with Crippen molar-refractivity contribution in [3.05, 3.63) is 69.2 Å². The first-order valence-electron chi connectivity index (χ1n) is 9.43. The number of anilines is 1. The van der Waals surface area contributed by atoms with Crippen LogP contribution in [0.4, 0.5) is 5.69 Å². The number of carbonyl (C=O) groups excluding carboxylic acids is 1. The second-order valence-corrected chi connectivity index (χ2v) is 9.32. The number of rotatable bonds is 5. The number of thiophene rings is 1. The van der Waals surface area contributed by atoms with Crippen molar-refractivity contribution in [2.45, 2.75) is 26.1 Å². The fourth-order valence-electron chi connectivity index (χ4n) is 3.59. The molecule has 3 heterocycles. The van der Waals surface area contributed by atoms with Crippen LogP contribution in [0, 0.1) is 0 Å². The van der Waals surface area contributed by atoms with Gasteiger partial charge in [-0.2, -0.15) is 0 Å². The number of hydrogen-bond acceptors (Lipinski definition) is 5. The van der Waals surface area contributed by atoms with Gasteiger partial charge in [0.25, 0.3) is 0 Å². The minimum absolute atomic E-state index is 0.0379. The van der Waals surface area contributed by atoms with E-state index in [-0.39, 0.29) is 12.3 Å². The molecule has 0 bridgehead atoms. The Morgan fingerprint density at radius 3 is 2.69 bits per heavy atom. The highest BCUT2D eigenvalue weighted by Crippen LogP contribution is 2.31. The normalized spacial score (nSPS) is 13.2. The minimum atomic E-state index is 0.0379. The van der Waals surface area contributed by atoms with Crippen LogP contribution < -0.4 is 5.73 Å². The molecule has 5 nitrogen and oxygen atoms in total. The summed E-state index contributed by atoms with van der Waals surface area (Å²) in [5.74, 6) is 0.0379. The summed E-state index contributed by atoms with van der Waals surface area (Å²) in [5.41, 5.74) is 11.7. The molecule has 0 atom stereocenters. The Balaban J connectivity index is 1.48. The van der Waals surface area contributed by atoms with Gasteiger partial charge in [0.05, 0.1) is 32.7 Å². The van der Waals surface area contributed by atoms with Crippen molar-refractivity contribution in [3.8, 4) is 10.6 Å². The predicted molar refractivity (Wildman–Crippen MR) is 119 cm³/mol. The van der Waals surface area contributed by atoms with Crippen LogP contribution in [0.15, 0.2) is 42.5 Å². The summed E-state index contributed by atoms with van der Waals surface area (Å²) < 4.78 is 0.708. The third kappa shape index (κ3) is 4.45. The highest BCUT2D eigenvalue weighted by atomic mass is 35.5. The molecule has 0 saturated heterocycles. The van der Waals surface area contributed by atoms with Gasteiger partial charge in [-0.3, -0.25) is 4.79 Å². The highest BCUT2D eigenvalue weighted by molar-refractivity contribution is 7.19. The molecule has 0 spiro atoms. The summed E-state index contributed by atoms with van der Waals surface area (Å²) in [6.45, 7) is 2.16. The first-order chi connectivity index (χ1) is 13.9. The Labute approximate surface area is 179 Å². The molecule has 7 heteroatoms. The van der Waals surface area contributed by atoms with E-state index in [9.17, 15) is 4.79 Å². The lowest BCUT2D eigenvalue weighted by Crippen LogP contribution is -2.27. The van der Waals surface area contributed by atoms with E-state index in [0.717, 1.165) is 17.1 Å². The summed E-state index contributed by atoms with van der Waals surface area (Å²) in [7, 11) is 4.11. The Morgan fingerprint density at radius 1 is 1.17 bits per heavy atom. The molecule has 0 unspecified atom stereocenters. The zero-order chi connectivity index (χ0) is 20.5. The number of nitrogens with two attached hydrogens (primary N) is 1. The number of benzene rings is 1. The van der Waals surface area contributed by atoms with E-state index in [1.165, 1.54) is 28.0 Å². The molecule has 2 aromatic heterocycles. The highest BCUT2D eigenvalue weighted by Gasteiger charge is 2.24. The quantitative estimate of drug-likeness (QED) is 0.664. The van der Waals surface area contributed by atoms with Crippen molar-refractivity contribution in [1.29, 1.82) is 0 Å². The smallest absolute Gasteiger partial charge is 0.229 e. The lowest BCUT2D eigenvalue weighted by atomic mass is 10.1. The van der Waals surface area contributed by atoms with Gasteiger partial charge in [-0.25, -0.2) is 4.98 Å². The van der Waals surface area contributed by atoms with Gasteiger partial charge in [-0.15, -0.1) is 11.3 Å². The second-order valence-electron chi connectivity index (χ2n) is 7.60. The number of fused-ring (bicyclic) bond motifs is 1. The third-order valence-electron chi connectivity index (χ3n) is 5.00. The van der Waals surface area contributed by atoms with E-state index in [2.05, 4.69) is 42.2 Å². The molecule has 4 rings (SSSR count). The van der Waals surface area contributed by atoms with Gasteiger partial charge in [-0.05, 0) is 55.1 Å². The number of carbonyl (C=O) groups is 1. The third-order valence-corrected chi connectivity index (χ3v) is 6.25. The first-order valence-corrected chi connectivity index (χ1v) is 10.6. The standard InChI is InChI=1S/C22H23ClN4OS/c1-26(2)11-14-3-4-15-12-27(13-16(15)9-14)22(28)10-19-17(24)5-6-18(25-19)20-7-8-21(23)29-20/h3-9H,10-13,24H2,1-2H3. The van der Waals surface area contributed by atoms with Gasteiger partial charge >= 0.3 is 0 Å². The summed E-state index contributed by atoms with van der Waals surface area (Å²) in [4.78, 5) is 22.6. The molecule has 3 aromatic rings. The van der Waals surface area contributed by atoms with Crippen molar-refractivity contribution < 1.29 is 4.79 Å². The van der Waals surface area contributed by atoms with Crippen molar-refractivity contribution in [2.75, 3.05) is 19.8 Å². The van der Waals surface area contributed by atoms with Gasteiger partial charge in [0.1, 0.15) is 0 Å². The number of aromatic nitrogens is 1. The lowest BCUT2D eigenvalue weighted by molar-refractivity contribution is -0.131. The Kier molecular flexibility index (Phi) is 5.58. The van der Waals surface area contributed by atoms with Gasteiger partial charge < -0.3 is 15.5 Å². The minimum Gasteiger partial charge on any atom is -0.397 e. The fourth-order valence-corrected chi connectivity index (χ4v) is 4.60. The van der Waals surface area contributed by atoms with Crippen LogP contribution in [0.2, 0.25) is 4.34 Å². The van der Waals surface area contributed by atoms with E-state index in [0.29, 0.717) is 28.8 Å². The number of halogens is 1. The lowest BCUT2D eigenvalue weighted by Gasteiger charge is -2.16. The van der Waals surface area contributed by atoms with Crippen LogP contribution in [0.25, 0.3) is 10.6 Å². The average Bonchev–Trinajstić information content (AvgIpc) is 3.29. The number of pyridine rings is 1. The van der Waals surface area contributed by atoms with Crippen molar-refractivity contribution >= 4 is 34.5 Å². The molecule has 1 aromatic carbocycles. The fraction of sp³-hybridized carbons (Fsp3) is 0.273. The number of nitrogen functional groups attached to an aromatic ring is 1. The zero-order valence-electron chi connectivity index (χ0n) is 16.5. The van der Waals surface area contributed by atoms with E-state index < -0.39 is 0 Å². The SMILES string of the molecule is CN(C)Cc1ccc2c(c1)CN(C(=O)Cc1nc(-c3ccc(Cl)s3)ccc1N)C2. The first kappa shape index (κ1) is 19.9. The maximum Gasteiger partial charge on any atom is 0.229 e. The summed E-state index contributed by atoms with van der Waals surface area (Å²) in [6.07, 6.45) is 0.192. The Bertz CT molecular complexity index is 1060. The summed E-state index contributed by atoms with van der Waals surface area (Å²) >= 11 is 7.50. The van der Waals surface area contributed by atoms with Gasteiger partial charge in [-0.1, -0.05) is 29.8 Å². The van der Waals surface area contributed by atoms with Gasteiger partial charge in [0.15, 0.2) is 0 Å². The molecule has 29 heavy (non-hydrogen) atoms. The number of nitrogens with zero attached hydrogens (tertiary/aromatic N) is 3. The summed E-state index contributed by atoms with van der Waals surface area (Å²) in [5, 5.41) is 0. The average molecular weight is 427 g/mol. The van der Waals surface area contributed by atoms with Crippen LogP contribution >= 0.6 is 22.9 Å². The topological polar surface area (TPSA) is 62.5 Å². The van der Waals surface area contributed by atoms with E-state index in [1.807, 2.05) is 29.2 Å². The van der Waals surface area contributed by atoms with Crippen molar-refractivity contribution in [1.82, 2.24) is 14.8 Å². The van der Waals surface area contributed by atoms with Crippen LogP contribution in [0.3, 0.4) is 0 Å². The van der Waals surface area contributed by atoms with Crippen molar-refractivity contribution in [3.63, 3.8) is 0 Å². The molecule has 2 N–H and O–H groups in total. The van der Waals surface area contributed by atoms with E-state index in [1.54, 1.807) is 0 Å². The maximum atomic E-state index is 13.0. The molecule has 1 amide bonds. The summed E-state index contributed by atoms with van der Waals surface area (Å²) in [6, 6.07) is 13.9. The number of hydrogen-bond donors (Lipinski definition) is 1. The number of amides is 1. The van der Waals surface area contributed by atoms with Crippen LogP contribution in [-0.2, 0) is 30.8 Å². The second kappa shape index (κ2) is 8.14. The molecular formula is C22H23ClN4OS. The van der Waals surface area contributed by atoms with Crippen molar-refractivity contribution in [2.24, 2.45) is 0 Å². The monoisotopic (exact) mass is 426 g/mol. The molecule has 1 aliphatic rings. The Morgan fingerprint density at radius 2 is 1.97 bits per heavy atom. The molecule has 1 aliphatic heterocycles. The maximum absolute atomic E-state index is 13.0. The van der Waals surface area contributed by atoms with Gasteiger partial charge in [0.2, 0.25) is 5.91 Å².